The van der Waals surface area contributed by atoms with Gasteiger partial charge in [0.25, 0.3) is 0 Å². The molecule has 0 fully saturated rings. The van der Waals surface area contributed by atoms with Crippen LogP contribution in [0.2, 0.25) is 0 Å². The lowest BCUT2D eigenvalue weighted by Crippen LogP contribution is -2.47. The maximum absolute atomic E-state index is 11.2. The summed E-state index contributed by atoms with van der Waals surface area (Å²) in [5.41, 5.74) is 5.34. The van der Waals surface area contributed by atoms with Gasteiger partial charge in [0, 0.05) is 12.3 Å². The van der Waals surface area contributed by atoms with Gasteiger partial charge in [-0.2, -0.15) is 11.8 Å². The van der Waals surface area contributed by atoms with E-state index in [9.17, 15) is 9.59 Å². The molecule has 6 heteroatoms. The molecule has 0 rings (SSSR count). The lowest BCUT2D eigenvalue weighted by molar-refractivity contribution is -0.147. The number of thioether (sulfide) groups is 1. The van der Waals surface area contributed by atoms with Crippen molar-refractivity contribution in [2.45, 2.75) is 13.0 Å². The minimum absolute atomic E-state index is 0.227. The Labute approximate surface area is 87.7 Å². The largest absolute Gasteiger partial charge is 0.464 e. The van der Waals surface area contributed by atoms with Gasteiger partial charge in [-0.15, -0.1) is 0 Å². The minimum atomic E-state index is -1.21. The molecule has 0 bridgehead atoms. The van der Waals surface area contributed by atoms with Crippen LogP contribution in [0.25, 0.3) is 0 Å². The number of hydrogen-bond acceptors (Lipinski definition) is 5. The molecule has 0 aliphatic heterocycles. The van der Waals surface area contributed by atoms with E-state index >= 15 is 0 Å². The van der Waals surface area contributed by atoms with Crippen molar-refractivity contribution in [3.63, 3.8) is 0 Å². The van der Waals surface area contributed by atoms with E-state index in [2.05, 4.69) is 10.1 Å². The van der Waals surface area contributed by atoms with E-state index in [1.54, 1.807) is 18.7 Å². The average Bonchev–Trinajstić information content (AvgIpc) is 2.17. The van der Waals surface area contributed by atoms with Crippen molar-refractivity contribution in [2.24, 2.45) is 5.73 Å². The van der Waals surface area contributed by atoms with Crippen LogP contribution in [0.1, 0.15) is 6.92 Å². The van der Waals surface area contributed by atoms with Crippen LogP contribution in [0.4, 0.5) is 0 Å². The highest BCUT2D eigenvalue weighted by Gasteiger charge is 2.22. The Bertz CT molecular complexity index is 199. The molecule has 0 aromatic carbocycles. The third-order valence-corrected chi connectivity index (χ3v) is 2.04. The highest BCUT2D eigenvalue weighted by Crippen LogP contribution is 1.89. The van der Waals surface area contributed by atoms with Gasteiger partial charge in [0.2, 0.25) is 5.91 Å². The number of esters is 1. The molecule has 0 saturated heterocycles. The zero-order chi connectivity index (χ0) is 11.0. The SMILES string of the molecule is CCOC(=O)C(N)C(=O)NCCSC. The van der Waals surface area contributed by atoms with Crippen LogP contribution in [-0.4, -0.2) is 43.1 Å². The van der Waals surface area contributed by atoms with Crippen LogP contribution < -0.4 is 11.1 Å². The van der Waals surface area contributed by atoms with Gasteiger partial charge in [0.15, 0.2) is 6.04 Å². The summed E-state index contributed by atoms with van der Waals surface area (Å²) in [6.07, 6.45) is 1.93. The Morgan fingerprint density at radius 3 is 2.71 bits per heavy atom. The molecular formula is C8H16N2O3S. The normalized spacial score (nSPS) is 11.9. The van der Waals surface area contributed by atoms with E-state index in [1.807, 2.05) is 6.26 Å². The molecule has 1 amide bonds. The topological polar surface area (TPSA) is 81.4 Å². The predicted molar refractivity (Wildman–Crippen MR) is 56.0 cm³/mol. The second kappa shape index (κ2) is 7.64. The van der Waals surface area contributed by atoms with Gasteiger partial charge in [-0.05, 0) is 13.2 Å². The molecule has 0 aliphatic carbocycles. The zero-order valence-corrected chi connectivity index (χ0v) is 9.23. The summed E-state index contributed by atoms with van der Waals surface area (Å²) in [4.78, 5) is 22.2. The minimum Gasteiger partial charge on any atom is -0.464 e. The molecule has 0 spiro atoms. The van der Waals surface area contributed by atoms with Gasteiger partial charge in [-0.3, -0.25) is 4.79 Å². The Balaban J connectivity index is 3.80. The Hall–Kier alpha value is -0.750. The van der Waals surface area contributed by atoms with Crippen LogP contribution in [-0.2, 0) is 14.3 Å². The fraction of sp³-hybridized carbons (Fsp3) is 0.750. The maximum atomic E-state index is 11.2. The second-order valence-corrected chi connectivity index (χ2v) is 3.50. The number of carbonyl (C=O) groups excluding carboxylic acids is 2. The van der Waals surface area contributed by atoms with E-state index < -0.39 is 17.9 Å². The maximum Gasteiger partial charge on any atom is 0.332 e. The fourth-order valence-electron chi connectivity index (χ4n) is 0.725. The van der Waals surface area contributed by atoms with Gasteiger partial charge in [0.1, 0.15) is 0 Å². The molecule has 1 unspecified atom stereocenters. The van der Waals surface area contributed by atoms with E-state index in [4.69, 9.17) is 5.73 Å². The quantitative estimate of drug-likeness (QED) is 0.353. The Kier molecular flexibility index (Phi) is 7.23. The lowest BCUT2D eigenvalue weighted by atomic mass is 10.3. The third-order valence-electron chi connectivity index (χ3n) is 1.43. The monoisotopic (exact) mass is 220 g/mol. The van der Waals surface area contributed by atoms with Crippen molar-refractivity contribution in [1.82, 2.24) is 5.32 Å². The summed E-state index contributed by atoms with van der Waals surface area (Å²) in [7, 11) is 0. The molecule has 82 valence electrons. The number of carbonyl (C=O) groups is 2. The van der Waals surface area contributed by atoms with Gasteiger partial charge in [0.05, 0.1) is 6.61 Å². The van der Waals surface area contributed by atoms with Gasteiger partial charge < -0.3 is 15.8 Å². The van der Waals surface area contributed by atoms with Crippen LogP contribution in [0.5, 0.6) is 0 Å². The predicted octanol–water partition coefficient (Wildman–Crippen LogP) is -0.644. The van der Waals surface area contributed by atoms with Crippen molar-refractivity contribution in [2.75, 3.05) is 25.2 Å². The van der Waals surface area contributed by atoms with Crippen molar-refractivity contribution in [1.29, 1.82) is 0 Å². The van der Waals surface area contributed by atoms with Crippen molar-refractivity contribution >= 4 is 23.6 Å². The van der Waals surface area contributed by atoms with E-state index in [0.29, 0.717) is 6.54 Å². The highest BCUT2D eigenvalue weighted by molar-refractivity contribution is 7.98. The van der Waals surface area contributed by atoms with Crippen LogP contribution in [0.15, 0.2) is 0 Å². The van der Waals surface area contributed by atoms with E-state index in [1.165, 1.54) is 0 Å². The second-order valence-electron chi connectivity index (χ2n) is 2.51. The summed E-state index contributed by atoms with van der Waals surface area (Å²) in [6.45, 7) is 2.40. The Morgan fingerprint density at radius 2 is 2.21 bits per heavy atom. The third kappa shape index (κ3) is 5.08. The number of nitrogens with two attached hydrogens (primary N) is 1. The summed E-state index contributed by atoms with van der Waals surface area (Å²) < 4.78 is 4.60. The van der Waals surface area contributed by atoms with Crippen molar-refractivity contribution in [3.8, 4) is 0 Å². The molecule has 0 aromatic heterocycles. The fourth-order valence-corrected chi connectivity index (χ4v) is 1.03. The first kappa shape index (κ1) is 13.2. The number of amides is 1. The van der Waals surface area contributed by atoms with Crippen LogP contribution in [0, 0.1) is 0 Å². The van der Waals surface area contributed by atoms with Gasteiger partial charge in [-0.1, -0.05) is 0 Å². The number of hydrogen-bond donors (Lipinski definition) is 2. The zero-order valence-electron chi connectivity index (χ0n) is 8.41. The summed E-state index contributed by atoms with van der Waals surface area (Å²) in [5, 5.41) is 2.54. The summed E-state index contributed by atoms with van der Waals surface area (Å²) in [6, 6.07) is -1.21. The first-order chi connectivity index (χ1) is 6.63. The highest BCUT2D eigenvalue weighted by atomic mass is 32.2. The lowest BCUT2D eigenvalue weighted by Gasteiger charge is -2.10. The number of nitrogens with one attached hydrogen (secondary N) is 1. The standard InChI is InChI=1S/C8H16N2O3S/c1-3-13-8(12)6(9)7(11)10-4-5-14-2/h6H,3-5,9H2,1-2H3,(H,10,11). The van der Waals surface area contributed by atoms with Crippen molar-refractivity contribution in [3.05, 3.63) is 0 Å². The first-order valence-corrected chi connectivity index (χ1v) is 5.71. The van der Waals surface area contributed by atoms with Gasteiger partial charge in [-0.25, -0.2) is 4.79 Å². The molecule has 0 heterocycles. The molecule has 1 atom stereocenters. The smallest absolute Gasteiger partial charge is 0.332 e. The molecule has 0 saturated carbocycles. The number of ether oxygens (including phenoxy) is 1. The molecule has 0 radical (unpaired) electrons. The molecular weight excluding hydrogens is 204 g/mol. The summed E-state index contributed by atoms with van der Waals surface area (Å²) >= 11 is 1.60. The van der Waals surface area contributed by atoms with E-state index in [-0.39, 0.29) is 6.61 Å². The van der Waals surface area contributed by atoms with Crippen LogP contribution in [0.3, 0.4) is 0 Å². The van der Waals surface area contributed by atoms with Crippen molar-refractivity contribution < 1.29 is 14.3 Å². The van der Waals surface area contributed by atoms with Crippen LogP contribution >= 0.6 is 11.8 Å². The summed E-state index contributed by atoms with van der Waals surface area (Å²) in [5.74, 6) is -0.381. The Morgan fingerprint density at radius 1 is 1.57 bits per heavy atom. The van der Waals surface area contributed by atoms with E-state index in [0.717, 1.165) is 5.75 Å². The molecule has 0 aliphatic rings. The average molecular weight is 220 g/mol. The van der Waals surface area contributed by atoms with Gasteiger partial charge >= 0.3 is 5.97 Å². The number of rotatable bonds is 6. The molecule has 14 heavy (non-hydrogen) atoms. The molecule has 0 aromatic rings. The first-order valence-electron chi connectivity index (χ1n) is 4.32. The molecule has 5 nitrogen and oxygen atoms in total. The molecule has 3 N–H and O–H groups in total.